The lowest BCUT2D eigenvalue weighted by molar-refractivity contribution is 0.0706. The van der Waals surface area contributed by atoms with Crippen LogP contribution in [0.15, 0.2) is 65.6 Å². The minimum Gasteiger partial charge on any atom is -0.440 e. The number of rotatable bonds is 3. The molecule has 140 valence electrons. The number of carbonyl (C=O) groups excluding carboxylic acids is 1. The molecule has 0 N–H and O–H groups in total. The predicted octanol–water partition coefficient (Wildman–Crippen LogP) is 3.43. The van der Waals surface area contributed by atoms with E-state index in [0.29, 0.717) is 18.7 Å². The van der Waals surface area contributed by atoms with Crippen molar-refractivity contribution in [1.29, 1.82) is 0 Å². The SMILES string of the molecule is O=C(c1ccc(-n2cncn2)cc1)N1CCC(c2nc3ccccc3o2)CC1. The van der Waals surface area contributed by atoms with Crippen molar-refractivity contribution in [3.05, 3.63) is 72.6 Å². The number of amides is 1. The first-order valence-electron chi connectivity index (χ1n) is 9.38. The molecule has 1 aliphatic rings. The molecule has 0 atom stereocenters. The van der Waals surface area contributed by atoms with E-state index < -0.39 is 0 Å². The van der Waals surface area contributed by atoms with Crippen molar-refractivity contribution in [2.45, 2.75) is 18.8 Å². The molecule has 1 aliphatic heterocycles. The maximum atomic E-state index is 12.8. The molecular formula is C21H19N5O2. The maximum absolute atomic E-state index is 12.8. The molecule has 0 aliphatic carbocycles. The van der Waals surface area contributed by atoms with Crippen molar-refractivity contribution < 1.29 is 9.21 Å². The molecule has 1 saturated heterocycles. The van der Waals surface area contributed by atoms with Crippen LogP contribution in [0.5, 0.6) is 0 Å². The van der Waals surface area contributed by atoms with Crippen molar-refractivity contribution in [2.24, 2.45) is 0 Å². The number of likely N-dealkylation sites (tertiary alicyclic amines) is 1. The quantitative estimate of drug-likeness (QED) is 0.550. The van der Waals surface area contributed by atoms with E-state index in [4.69, 9.17) is 4.42 Å². The van der Waals surface area contributed by atoms with Crippen LogP contribution in [0.3, 0.4) is 0 Å². The van der Waals surface area contributed by atoms with Gasteiger partial charge >= 0.3 is 0 Å². The van der Waals surface area contributed by atoms with E-state index in [1.54, 1.807) is 11.0 Å². The van der Waals surface area contributed by atoms with Crippen LogP contribution in [0.1, 0.15) is 35.0 Å². The normalized spacial score (nSPS) is 15.2. The van der Waals surface area contributed by atoms with Crippen LogP contribution in [0.4, 0.5) is 0 Å². The summed E-state index contributed by atoms with van der Waals surface area (Å²) in [6.45, 7) is 1.40. The van der Waals surface area contributed by atoms with E-state index in [1.165, 1.54) is 6.33 Å². The van der Waals surface area contributed by atoms with Crippen LogP contribution in [-0.2, 0) is 0 Å². The third-order valence-corrected chi connectivity index (χ3v) is 5.24. The van der Waals surface area contributed by atoms with E-state index in [9.17, 15) is 4.79 Å². The van der Waals surface area contributed by atoms with Crippen LogP contribution in [0, 0.1) is 0 Å². The van der Waals surface area contributed by atoms with E-state index in [-0.39, 0.29) is 11.8 Å². The molecule has 0 radical (unpaired) electrons. The summed E-state index contributed by atoms with van der Waals surface area (Å²) < 4.78 is 7.58. The van der Waals surface area contributed by atoms with E-state index in [2.05, 4.69) is 15.1 Å². The average molecular weight is 373 g/mol. The van der Waals surface area contributed by atoms with Gasteiger partial charge in [0.2, 0.25) is 0 Å². The molecule has 3 heterocycles. The fraction of sp³-hybridized carbons (Fsp3) is 0.238. The third kappa shape index (κ3) is 3.05. The summed E-state index contributed by atoms with van der Waals surface area (Å²) in [6, 6.07) is 15.3. The topological polar surface area (TPSA) is 77.1 Å². The first-order chi connectivity index (χ1) is 13.8. The molecule has 2 aromatic heterocycles. The molecule has 1 amide bonds. The summed E-state index contributed by atoms with van der Waals surface area (Å²) in [5.41, 5.74) is 3.28. The minimum atomic E-state index is 0.0566. The fourth-order valence-corrected chi connectivity index (χ4v) is 3.68. The highest BCUT2D eigenvalue weighted by atomic mass is 16.3. The van der Waals surface area contributed by atoms with Crippen molar-refractivity contribution in [3.8, 4) is 5.69 Å². The van der Waals surface area contributed by atoms with Gasteiger partial charge in [0.05, 0.1) is 5.69 Å². The molecule has 0 spiro atoms. The smallest absolute Gasteiger partial charge is 0.253 e. The van der Waals surface area contributed by atoms with E-state index in [0.717, 1.165) is 35.5 Å². The fourth-order valence-electron chi connectivity index (χ4n) is 3.68. The Morgan fingerprint density at radius 1 is 1.04 bits per heavy atom. The Labute approximate surface area is 161 Å². The van der Waals surface area contributed by atoms with Crippen molar-refractivity contribution in [3.63, 3.8) is 0 Å². The Hall–Kier alpha value is -3.48. The maximum Gasteiger partial charge on any atom is 0.253 e. The molecular weight excluding hydrogens is 354 g/mol. The summed E-state index contributed by atoms with van der Waals surface area (Å²) in [5, 5.41) is 4.10. The van der Waals surface area contributed by atoms with Crippen molar-refractivity contribution >= 4 is 17.0 Å². The highest BCUT2D eigenvalue weighted by Crippen LogP contribution is 2.30. The van der Waals surface area contributed by atoms with Gasteiger partial charge in [0, 0.05) is 24.6 Å². The molecule has 28 heavy (non-hydrogen) atoms. The second-order valence-electron chi connectivity index (χ2n) is 6.97. The van der Waals surface area contributed by atoms with Gasteiger partial charge in [0.25, 0.3) is 5.91 Å². The van der Waals surface area contributed by atoms with Crippen LogP contribution in [0.2, 0.25) is 0 Å². The number of nitrogens with zero attached hydrogens (tertiary/aromatic N) is 5. The van der Waals surface area contributed by atoms with Gasteiger partial charge in [0.15, 0.2) is 11.5 Å². The Balaban J connectivity index is 1.25. The second kappa shape index (κ2) is 6.92. The number of carbonyl (C=O) groups is 1. The average Bonchev–Trinajstić information content (AvgIpc) is 3.43. The molecule has 7 nitrogen and oxygen atoms in total. The van der Waals surface area contributed by atoms with Crippen molar-refractivity contribution in [1.82, 2.24) is 24.6 Å². The van der Waals surface area contributed by atoms with Gasteiger partial charge in [0.1, 0.15) is 18.2 Å². The zero-order valence-electron chi connectivity index (χ0n) is 15.2. The number of hydrogen-bond donors (Lipinski definition) is 0. The van der Waals surface area contributed by atoms with E-state index in [1.807, 2.05) is 53.4 Å². The Morgan fingerprint density at radius 3 is 2.54 bits per heavy atom. The first-order valence-corrected chi connectivity index (χ1v) is 9.38. The zero-order chi connectivity index (χ0) is 18.9. The summed E-state index contributed by atoms with van der Waals surface area (Å²) in [6.07, 6.45) is 4.83. The molecule has 0 unspecified atom stereocenters. The standard InChI is InChI=1S/C21H19N5O2/c27-21(16-5-7-17(8-6-16)26-14-22-13-23-26)25-11-9-15(10-12-25)20-24-18-3-1-2-4-19(18)28-20/h1-8,13-15H,9-12H2. The number of piperidine rings is 1. The summed E-state index contributed by atoms with van der Waals surface area (Å²) in [4.78, 5) is 23.3. The summed E-state index contributed by atoms with van der Waals surface area (Å²) in [7, 11) is 0. The predicted molar refractivity (Wildman–Crippen MR) is 103 cm³/mol. The van der Waals surface area contributed by atoms with Gasteiger partial charge in [-0.1, -0.05) is 12.1 Å². The molecule has 5 rings (SSSR count). The monoisotopic (exact) mass is 373 g/mol. The van der Waals surface area contributed by atoms with Gasteiger partial charge < -0.3 is 9.32 Å². The van der Waals surface area contributed by atoms with Crippen molar-refractivity contribution in [2.75, 3.05) is 13.1 Å². The summed E-state index contributed by atoms with van der Waals surface area (Å²) >= 11 is 0. The largest absolute Gasteiger partial charge is 0.440 e. The second-order valence-corrected chi connectivity index (χ2v) is 6.97. The lowest BCUT2D eigenvalue weighted by Crippen LogP contribution is -2.38. The lowest BCUT2D eigenvalue weighted by atomic mass is 9.96. The molecule has 4 aromatic rings. The Morgan fingerprint density at radius 2 is 1.82 bits per heavy atom. The number of para-hydroxylation sites is 2. The molecule has 1 fully saturated rings. The number of benzene rings is 2. The van der Waals surface area contributed by atoms with Gasteiger partial charge in [-0.2, -0.15) is 5.10 Å². The summed E-state index contributed by atoms with van der Waals surface area (Å²) in [5.74, 6) is 1.10. The van der Waals surface area contributed by atoms with Crippen LogP contribution in [-0.4, -0.2) is 43.6 Å². The highest BCUT2D eigenvalue weighted by molar-refractivity contribution is 5.94. The lowest BCUT2D eigenvalue weighted by Gasteiger charge is -2.30. The highest BCUT2D eigenvalue weighted by Gasteiger charge is 2.27. The number of oxazole rings is 1. The Bertz CT molecular complexity index is 1060. The number of fused-ring (bicyclic) bond motifs is 1. The van der Waals surface area contributed by atoms with Gasteiger partial charge in [-0.05, 0) is 49.2 Å². The van der Waals surface area contributed by atoms with Gasteiger partial charge in [-0.3, -0.25) is 4.79 Å². The van der Waals surface area contributed by atoms with Crippen LogP contribution in [0.25, 0.3) is 16.8 Å². The van der Waals surface area contributed by atoms with Gasteiger partial charge in [-0.15, -0.1) is 0 Å². The molecule has 2 aromatic carbocycles. The van der Waals surface area contributed by atoms with Crippen LogP contribution >= 0.6 is 0 Å². The zero-order valence-corrected chi connectivity index (χ0v) is 15.2. The molecule has 0 bridgehead atoms. The van der Waals surface area contributed by atoms with Crippen LogP contribution < -0.4 is 0 Å². The minimum absolute atomic E-state index is 0.0566. The van der Waals surface area contributed by atoms with E-state index >= 15 is 0 Å². The Kier molecular flexibility index (Phi) is 4.12. The third-order valence-electron chi connectivity index (χ3n) is 5.24. The first kappa shape index (κ1) is 16.7. The number of aromatic nitrogens is 4. The molecule has 0 saturated carbocycles. The van der Waals surface area contributed by atoms with Gasteiger partial charge in [-0.25, -0.2) is 14.6 Å². The molecule has 7 heteroatoms. The number of hydrogen-bond acceptors (Lipinski definition) is 5.